The van der Waals surface area contributed by atoms with Crippen molar-refractivity contribution < 1.29 is 14.3 Å². The Balaban J connectivity index is 1.81. The summed E-state index contributed by atoms with van der Waals surface area (Å²) in [6.45, 7) is 1.48. The fourth-order valence-corrected chi connectivity index (χ4v) is 2.92. The zero-order valence-corrected chi connectivity index (χ0v) is 12.9. The molecule has 21 heavy (non-hydrogen) atoms. The van der Waals surface area contributed by atoms with Crippen LogP contribution in [0.15, 0.2) is 17.5 Å². The van der Waals surface area contributed by atoms with Crippen LogP contribution in [-0.2, 0) is 20.9 Å². The Bertz CT molecular complexity index is 484. The first-order valence-corrected chi connectivity index (χ1v) is 7.80. The Hall–Kier alpha value is -1.44. The van der Waals surface area contributed by atoms with Gasteiger partial charge in [-0.05, 0) is 24.3 Å². The monoisotopic (exact) mass is 311 g/mol. The van der Waals surface area contributed by atoms with Crippen LogP contribution in [0.5, 0.6) is 0 Å². The summed E-state index contributed by atoms with van der Waals surface area (Å²) >= 11 is 1.58. The summed E-state index contributed by atoms with van der Waals surface area (Å²) in [6.07, 6.45) is 0.986. The number of carbonyl (C=O) groups excluding carboxylic acids is 2. The number of carbonyl (C=O) groups is 2. The topological polar surface area (TPSA) is 84.7 Å². The molecule has 0 spiro atoms. The molecule has 0 aliphatic carbocycles. The van der Waals surface area contributed by atoms with Gasteiger partial charge in [-0.15, -0.1) is 11.3 Å². The highest BCUT2D eigenvalue weighted by molar-refractivity contribution is 7.09. The molecule has 6 nitrogen and oxygen atoms in total. The van der Waals surface area contributed by atoms with Gasteiger partial charge in [0.1, 0.15) is 0 Å². The quantitative estimate of drug-likeness (QED) is 0.821. The summed E-state index contributed by atoms with van der Waals surface area (Å²) in [7, 11) is 1.61. The smallest absolute Gasteiger partial charge is 0.243 e. The molecule has 1 aromatic heterocycles. The summed E-state index contributed by atoms with van der Waals surface area (Å²) in [5.41, 5.74) is 5.23. The molecule has 0 radical (unpaired) electrons. The number of thiophene rings is 1. The molecule has 2 rings (SSSR count). The SMILES string of the molecule is CN(CC(=O)NCc1cccs1)C(=O)C1(N)CCOCC1. The van der Waals surface area contributed by atoms with Gasteiger partial charge in [-0.25, -0.2) is 0 Å². The number of rotatable bonds is 5. The van der Waals surface area contributed by atoms with Crippen LogP contribution in [0.3, 0.4) is 0 Å². The number of hydrogen-bond acceptors (Lipinski definition) is 5. The fourth-order valence-electron chi connectivity index (χ4n) is 2.27. The van der Waals surface area contributed by atoms with Crippen LogP contribution in [0.25, 0.3) is 0 Å². The van der Waals surface area contributed by atoms with Crippen LogP contribution in [-0.4, -0.2) is 49.1 Å². The number of likely N-dealkylation sites (N-methyl/N-ethyl adjacent to an activating group) is 1. The molecule has 1 aromatic rings. The van der Waals surface area contributed by atoms with E-state index in [0.717, 1.165) is 4.88 Å². The van der Waals surface area contributed by atoms with E-state index < -0.39 is 5.54 Å². The summed E-state index contributed by atoms with van der Waals surface area (Å²) in [4.78, 5) is 26.7. The third-order valence-corrected chi connectivity index (χ3v) is 4.45. The van der Waals surface area contributed by atoms with Gasteiger partial charge >= 0.3 is 0 Å². The van der Waals surface area contributed by atoms with E-state index in [-0.39, 0.29) is 18.4 Å². The van der Waals surface area contributed by atoms with Crippen molar-refractivity contribution in [3.8, 4) is 0 Å². The maximum absolute atomic E-state index is 12.4. The second-order valence-electron chi connectivity index (χ2n) is 5.29. The van der Waals surface area contributed by atoms with Gasteiger partial charge in [-0.3, -0.25) is 9.59 Å². The highest BCUT2D eigenvalue weighted by Crippen LogP contribution is 2.19. The van der Waals surface area contributed by atoms with Gasteiger partial charge in [-0.2, -0.15) is 0 Å². The third-order valence-electron chi connectivity index (χ3n) is 3.58. The molecule has 7 heteroatoms. The molecule has 0 bridgehead atoms. The highest BCUT2D eigenvalue weighted by Gasteiger charge is 2.38. The van der Waals surface area contributed by atoms with Gasteiger partial charge in [0.2, 0.25) is 11.8 Å². The fraction of sp³-hybridized carbons (Fsp3) is 0.571. The molecule has 0 saturated carbocycles. The van der Waals surface area contributed by atoms with Gasteiger partial charge in [0.15, 0.2) is 0 Å². The normalized spacial score (nSPS) is 17.2. The van der Waals surface area contributed by atoms with E-state index in [0.29, 0.717) is 32.6 Å². The van der Waals surface area contributed by atoms with Gasteiger partial charge < -0.3 is 20.7 Å². The molecule has 2 amide bonds. The Morgan fingerprint density at radius 1 is 1.48 bits per heavy atom. The summed E-state index contributed by atoms with van der Waals surface area (Å²) < 4.78 is 5.23. The van der Waals surface area contributed by atoms with Crippen molar-refractivity contribution >= 4 is 23.2 Å². The van der Waals surface area contributed by atoms with Crippen LogP contribution >= 0.6 is 11.3 Å². The molecule has 0 atom stereocenters. The van der Waals surface area contributed by atoms with E-state index in [4.69, 9.17) is 10.5 Å². The van der Waals surface area contributed by atoms with E-state index in [2.05, 4.69) is 5.32 Å². The minimum Gasteiger partial charge on any atom is -0.381 e. The zero-order valence-electron chi connectivity index (χ0n) is 12.1. The van der Waals surface area contributed by atoms with Gasteiger partial charge in [0, 0.05) is 25.1 Å². The third kappa shape index (κ3) is 4.26. The van der Waals surface area contributed by atoms with Crippen molar-refractivity contribution in [3.63, 3.8) is 0 Å². The van der Waals surface area contributed by atoms with Crippen LogP contribution < -0.4 is 11.1 Å². The first-order valence-electron chi connectivity index (χ1n) is 6.92. The Kier molecular flexibility index (Phi) is 5.33. The van der Waals surface area contributed by atoms with Gasteiger partial charge in [0.25, 0.3) is 0 Å². The Morgan fingerprint density at radius 2 is 2.19 bits per heavy atom. The lowest BCUT2D eigenvalue weighted by Gasteiger charge is -2.35. The number of amides is 2. The van der Waals surface area contributed by atoms with Crippen molar-refractivity contribution in [3.05, 3.63) is 22.4 Å². The number of ether oxygens (including phenoxy) is 1. The predicted molar refractivity (Wildman–Crippen MR) is 80.8 cm³/mol. The summed E-state index contributed by atoms with van der Waals surface area (Å²) in [5, 5.41) is 4.76. The van der Waals surface area contributed by atoms with E-state index >= 15 is 0 Å². The van der Waals surface area contributed by atoms with Crippen molar-refractivity contribution in [2.75, 3.05) is 26.8 Å². The molecule has 0 aromatic carbocycles. The molecule has 116 valence electrons. The molecule has 1 aliphatic heterocycles. The van der Waals surface area contributed by atoms with Crippen molar-refractivity contribution in [1.82, 2.24) is 10.2 Å². The molecule has 2 heterocycles. The first kappa shape index (κ1) is 15.9. The van der Waals surface area contributed by atoms with E-state index in [1.807, 2.05) is 17.5 Å². The van der Waals surface area contributed by atoms with Crippen molar-refractivity contribution in [2.24, 2.45) is 5.73 Å². The van der Waals surface area contributed by atoms with Crippen molar-refractivity contribution in [1.29, 1.82) is 0 Å². The number of nitrogens with one attached hydrogen (secondary N) is 1. The lowest BCUT2D eigenvalue weighted by molar-refractivity contribution is -0.142. The average molecular weight is 311 g/mol. The van der Waals surface area contributed by atoms with Gasteiger partial charge in [0.05, 0.1) is 18.6 Å². The second-order valence-corrected chi connectivity index (χ2v) is 6.32. The highest BCUT2D eigenvalue weighted by atomic mass is 32.1. The van der Waals surface area contributed by atoms with E-state index in [1.165, 1.54) is 4.90 Å². The Morgan fingerprint density at radius 3 is 2.81 bits per heavy atom. The second kappa shape index (κ2) is 7.02. The summed E-state index contributed by atoms with van der Waals surface area (Å²) in [5.74, 6) is -0.382. The first-order chi connectivity index (χ1) is 10.0. The van der Waals surface area contributed by atoms with Crippen LogP contribution in [0.4, 0.5) is 0 Å². The van der Waals surface area contributed by atoms with Crippen molar-refractivity contribution in [2.45, 2.75) is 24.9 Å². The number of nitrogens with two attached hydrogens (primary N) is 1. The molecular weight excluding hydrogens is 290 g/mol. The number of nitrogens with zero attached hydrogens (tertiary/aromatic N) is 1. The van der Waals surface area contributed by atoms with Crippen LogP contribution in [0.2, 0.25) is 0 Å². The maximum atomic E-state index is 12.4. The molecule has 0 unspecified atom stereocenters. The standard InChI is InChI=1S/C14H21N3O3S/c1-17(13(19)14(15)4-6-20-7-5-14)10-12(18)16-9-11-3-2-8-21-11/h2-3,8H,4-7,9-10,15H2,1H3,(H,16,18). The predicted octanol–water partition coefficient (Wildman–Crippen LogP) is 0.331. The molecule has 1 fully saturated rings. The van der Waals surface area contributed by atoms with E-state index in [9.17, 15) is 9.59 Å². The summed E-state index contributed by atoms with van der Waals surface area (Å²) in [6, 6.07) is 3.89. The largest absolute Gasteiger partial charge is 0.381 e. The van der Waals surface area contributed by atoms with Gasteiger partial charge in [-0.1, -0.05) is 6.07 Å². The minimum atomic E-state index is -0.902. The lowest BCUT2D eigenvalue weighted by atomic mass is 9.90. The van der Waals surface area contributed by atoms with Crippen LogP contribution in [0, 0.1) is 0 Å². The average Bonchev–Trinajstić information content (AvgIpc) is 2.98. The zero-order chi connectivity index (χ0) is 15.3. The number of hydrogen-bond donors (Lipinski definition) is 2. The molecule has 1 aliphatic rings. The Labute approximate surface area is 128 Å². The minimum absolute atomic E-state index is 0.0179. The van der Waals surface area contributed by atoms with E-state index in [1.54, 1.807) is 18.4 Å². The lowest BCUT2D eigenvalue weighted by Crippen LogP contribution is -2.58. The van der Waals surface area contributed by atoms with Crippen LogP contribution in [0.1, 0.15) is 17.7 Å². The maximum Gasteiger partial charge on any atom is 0.243 e. The molecule has 3 N–H and O–H groups in total. The molecular formula is C14H21N3O3S. The molecule has 1 saturated heterocycles.